The second kappa shape index (κ2) is 6.79. The van der Waals surface area contributed by atoms with Gasteiger partial charge in [-0.3, -0.25) is 4.79 Å². The minimum Gasteiger partial charge on any atom is -0.364 e. The summed E-state index contributed by atoms with van der Waals surface area (Å²) in [7, 11) is 0. The number of rotatable bonds is 7. The molecule has 0 unspecified atom stereocenters. The topological polar surface area (TPSA) is 64.3 Å². The fourth-order valence-corrected chi connectivity index (χ4v) is 1.27. The number of carbonyl (C=O) groups excluding carboxylic acids is 1. The zero-order valence-corrected chi connectivity index (χ0v) is 9.43. The number of hydrogen-bond donors (Lipinski definition) is 2. The predicted molar refractivity (Wildman–Crippen MR) is 57.0 cm³/mol. The Labute approximate surface area is 86.2 Å². The Bertz CT molecular complexity index is 159. The van der Waals surface area contributed by atoms with E-state index in [0.717, 1.165) is 12.8 Å². The summed E-state index contributed by atoms with van der Waals surface area (Å²) in [4.78, 5) is 11.2. The van der Waals surface area contributed by atoms with Gasteiger partial charge in [-0.1, -0.05) is 13.8 Å². The lowest BCUT2D eigenvalue weighted by molar-refractivity contribution is -0.133. The molecule has 0 atom stereocenters. The smallest absolute Gasteiger partial charge is 0.246 e. The molecule has 0 fully saturated rings. The van der Waals surface area contributed by atoms with Crippen LogP contribution in [0.15, 0.2) is 0 Å². The Morgan fingerprint density at radius 2 is 1.93 bits per heavy atom. The molecule has 0 spiro atoms. The summed E-state index contributed by atoms with van der Waals surface area (Å²) in [6, 6.07) is 0. The highest BCUT2D eigenvalue weighted by atomic mass is 16.5. The van der Waals surface area contributed by atoms with Crippen LogP contribution in [0.2, 0.25) is 0 Å². The fourth-order valence-electron chi connectivity index (χ4n) is 1.27. The summed E-state index contributed by atoms with van der Waals surface area (Å²) in [6.07, 6.45) is 1.67. The van der Waals surface area contributed by atoms with E-state index in [0.29, 0.717) is 13.1 Å². The van der Waals surface area contributed by atoms with Gasteiger partial charge in [0.1, 0.15) is 6.61 Å². The average Bonchev–Trinajstić information content (AvgIpc) is 2.21. The van der Waals surface area contributed by atoms with Gasteiger partial charge in [0.15, 0.2) is 0 Å². The molecular weight excluding hydrogens is 180 g/mol. The Hall–Kier alpha value is -0.610. The van der Waals surface area contributed by atoms with E-state index in [1.54, 1.807) is 0 Å². The molecule has 0 aliphatic rings. The van der Waals surface area contributed by atoms with Gasteiger partial charge in [0.05, 0.1) is 5.60 Å². The summed E-state index contributed by atoms with van der Waals surface area (Å²) in [6.45, 7) is 7.12. The molecule has 0 aromatic rings. The van der Waals surface area contributed by atoms with Gasteiger partial charge in [0.25, 0.3) is 0 Å². The number of ether oxygens (including phenoxy) is 1. The molecule has 1 amide bonds. The monoisotopic (exact) mass is 202 g/mol. The van der Waals surface area contributed by atoms with Gasteiger partial charge >= 0.3 is 0 Å². The van der Waals surface area contributed by atoms with E-state index in [9.17, 15) is 4.79 Å². The average molecular weight is 202 g/mol. The van der Waals surface area contributed by atoms with Gasteiger partial charge in [-0.05, 0) is 19.8 Å². The van der Waals surface area contributed by atoms with Crippen LogP contribution < -0.4 is 11.1 Å². The van der Waals surface area contributed by atoms with Gasteiger partial charge in [0, 0.05) is 13.1 Å². The third-order valence-electron chi connectivity index (χ3n) is 2.54. The van der Waals surface area contributed by atoms with Crippen molar-refractivity contribution in [1.82, 2.24) is 5.32 Å². The summed E-state index contributed by atoms with van der Waals surface area (Å²) >= 11 is 0. The molecule has 0 saturated heterocycles. The minimum absolute atomic E-state index is 0.0766. The highest BCUT2D eigenvalue weighted by molar-refractivity contribution is 5.77. The molecule has 0 rings (SSSR count). The van der Waals surface area contributed by atoms with Crippen LogP contribution in [0.25, 0.3) is 0 Å². The normalized spacial score (nSPS) is 11.4. The van der Waals surface area contributed by atoms with Crippen molar-refractivity contribution in [3.63, 3.8) is 0 Å². The second-order valence-corrected chi connectivity index (χ2v) is 3.34. The molecule has 0 bridgehead atoms. The van der Waals surface area contributed by atoms with Crippen LogP contribution in [0.4, 0.5) is 0 Å². The van der Waals surface area contributed by atoms with Crippen LogP contribution in [-0.4, -0.2) is 31.2 Å². The molecule has 0 aromatic carbocycles. The van der Waals surface area contributed by atoms with Crippen molar-refractivity contribution >= 4 is 5.91 Å². The van der Waals surface area contributed by atoms with Crippen LogP contribution in [0.3, 0.4) is 0 Å². The van der Waals surface area contributed by atoms with E-state index in [4.69, 9.17) is 10.5 Å². The first-order chi connectivity index (χ1) is 6.64. The fraction of sp³-hybridized carbons (Fsp3) is 0.900. The number of nitrogens with one attached hydrogen (secondary N) is 1. The second-order valence-electron chi connectivity index (χ2n) is 3.34. The highest BCUT2D eigenvalue weighted by Gasteiger charge is 2.25. The van der Waals surface area contributed by atoms with E-state index in [1.165, 1.54) is 0 Å². The Balaban J connectivity index is 3.99. The van der Waals surface area contributed by atoms with Crippen LogP contribution in [-0.2, 0) is 9.53 Å². The first kappa shape index (κ1) is 13.4. The Morgan fingerprint density at radius 3 is 2.29 bits per heavy atom. The van der Waals surface area contributed by atoms with Crippen LogP contribution in [0.5, 0.6) is 0 Å². The number of nitrogens with two attached hydrogens (primary N) is 1. The van der Waals surface area contributed by atoms with Gasteiger partial charge in [-0.15, -0.1) is 0 Å². The third-order valence-corrected chi connectivity index (χ3v) is 2.54. The molecule has 14 heavy (non-hydrogen) atoms. The summed E-state index contributed by atoms with van der Waals surface area (Å²) in [5.74, 6) is -0.0766. The maximum Gasteiger partial charge on any atom is 0.246 e. The molecule has 4 heteroatoms. The van der Waals surface area contributed by atoms with E-state index >= 15 is 0 Å². The predicted octanol–water partition coefficient (Wildman–Crippen LogP) is 0.657. The summed E-state index contributed by atoms with van der Waals surface area (Å²) < 4.78 is 5.55. The van der Waals surface area contributed by atoms with E-state index < -0.39 is 0 Å². The van der Waals surface area contributed by atoms with Crippen molar-refractivity contribution in [2.24, 2.45) is 5.73 Å². The Morgan fingerprint density at radius 1 is 1.36 bits per heavy atom. The highest BCUT2D eigenvalue weighted by Crippen LogP contribution is 2.18. The molecular formula is C10H22N2O2. The van der Waals surface area contributed by atoms with Crippen molar-refractivity contribution in [2.75, 3.05) is 19.7 Å². The summed E-state index contributed by atoms with van der Waals surface area (Å²) in [5.41, 5.74) is 5.30. The van der Waals surface area contributed by atoms with Crippen molar-refractivity contribution in [2.45, 2.75) is 39.2 Å². The van der Waals surface area contributed by atoms with Crippen molar-refractivity contribution in [1.29, 1.82) is 0 Å². The quantitative estimate of drug-likeness (QED) is 0.637. The lowest BCUT2D eigenvalue weighted by Crippen LogP contribution is -2.42. The summed E-state index contributed by atoms with van der Waals surface area (Å²) in [5, 5.41) is 2.69. The third kappa shape index (κ3) is 4.07. The number of likely N-dealkylation sites (N-methyl/N-ethyl adjacent to an activating group) is 1. The van der Waals surface area contributed by atoms with Crippen molar-refractivity contribution in [3.8, 4) is 0 Å². The molecule has 4 nitrogen and oxygen atoms in total. The molecule has 0 aromatic heterocycles. The van der Waals surface area contributed by atoms with Crippen molar-refractivity contribution in [3.05, 3.63) is 0 Å². The lowest BCUT2D eigenvalue weighted by atomic mass is 9.97. The van der Waals surface area contributed by atoms with Crippen LogP contribution in [0, 0.1) is 0 Å². The first-order valence-corrected chi connectivity index (χ1v) is 5.24. The van der Waals surface area contributed by atoms with E-state index in [-0.39, 0.29) is 18.1 Å². The number of hydrogen-bond acceptors (Lipinski definition) is 3. The van der Waals surface area contributed by atoms with Gasteiger partial charge in [0.2, 0.25) is 5.91 Å². The largest absolute Gasteiger partial charge is 0.364 e. The molecule has 0 aliphatic heterocycles. The molecule has 0 saturated carbocycles. The molecule has 0 radical (unpaired) electrons. The zero-order chi connectivity index (χ0) is 11.0. The first-order valence-electron chi connectivity index (χ1n) is 5.24. The van der Waals surface area contributed by atoms with Gasteiger partial charge in [-0.25, -0.2) is 0 Å². The molecule has 84 valence electrons. The number of carbonyl (C=O) groups is 1. The standard InChI is InChI=1S/C10H22N2O2/c1-4-10(5-2,8-11)14-7-9(13)12-6-3/h4-8,11H2,1-3H3,(H,12,13). The minimum atomic E-state index is -0.328. The van der Waals surface area contributed by atoms with E-state index in [2.05, 4.69) is 5.32 Å². The van der Waals surface area contributed by atoms with E-state index in [1.807, 2.05) is 20.8 Å². The molecule has 0 heterocycles. The van der Waals surface area contributed by atoms with Gasteiger partial charge in [-0.2, -0.15) is 0 Å². The molecule has 0 aliphatic carbocycles. The maximum absolute atomic E-state index is 11.2. The number of amides is 1. The van der Waals surface area contributed by atoms with Gasteiger partial charge < -0.3 is 15.8 Å². The van der Waals surface area contributed by atoms with Crippen LogP contribution >= 0.6 is 0 Å². The SMILES string of the molecule is CCNC(=O)COC(CC)(CC)CN. The van der Waals surface area contributed by atoms with Crippen molar-refractivity contribution < 1.29 is 9.53 Å². The Kier molecular flexibility index (Phi) is 6.49. The lowest BCUT2D eigenvalue weighted by Gasteiger charge is -2.30. The van der Waals surface area contributed by atoms with Crippen LogP contribution in [0.1, 0.15) is 33.6 Å². The molecule has 3 N–H and O–H groups in total. The maximum atomic E-state index is 11.2. The zero-order valence-electron chi connectivity index (χ0n) is 9.43.